The van der Waals surface area contributed by atoms with Gasteiger partial charge in [-0.15, -0.1) is 0 Å². The lowest BCUT2D eigenvalue weighted by Crippen LogP contribution is -2.34. The Labute approximate surface area is 118 Å². The smallest absolute Gasteiger partial charge is 0.123 e. The highest BCUT2D eigenvalue weighted by Crippen LogP contribution is 2.29. The summed E-state index contributed by atoms with van der Waals surface area (Å²) in [6, 6.07) is 7.08. The molecule has 0 spiro atoms. The lowest BCUT2D eigenvalue weighted by atomic mass is 9.92. The maximum Gasteiger partial charge on any atom is 0.123 e. The SMILES string of the molecule is CC(C1CCCNC1)n1cncc1-c1cccc(F)c1. The van der Waals surface area contributed by atoms with Crippen molar-refractivity contribution >= 4 is 0 Å². The number of nitrogens with one attached hydrogen (secondary N) is 1. The second-order valence-electron chi connectivity index (χ2n) is 5.54. The summed E-state index contributed by atoms with van der Waals surface area (Å²) in [4.78, 5) is 4.26. The molecule has 1 N–H and O–H groups in total. The highest BCUT2D eigenvalue weighted by Gasteiger charge is 2.22. The zero-order valence-electron chi connectivity index (χ0n) is 11.7. The van der Waals surface area contributed by atoms with Crippen molar-refractivity contribution in [3.8, 4) is 11.3 Å². The van der Waals surface area contributed by atoms with Crippen LogP contribution < -0.4 is 5.32 Å². The predicted octanol–water partition coefficient (Wildman–Crippen LogP) is 3.25. The van der Waals surface area contributed by atoms with Crippen LogP contribution in [0.5, 0.6) is 0 Å². The van der Waals surface area contributed by atoms with Crippen molar-refractivity contribution in [2.24, 2.45) is 5.92 Å². The molecule has 1 aromatic heterocycles. The Morgan fingerprint density at radius 3 is 3.10 bits per heavy atom. The molecule has 1 aromatic carbocycles. The molecule has 1 aliphatic rings. The van der Waals surface area contributed by atoms with Crippen LogP contribution in [0.4, 0.5) is 4.39 Å². The summed E-state index contributed by atoms with van der Waals surface area (Å²) in [5.41, 5.74) is 1.88. The zero-order chi connectivity index (χ0) is 13.9. The number of piperidine rings is 1. The maximum absolute atomic E-state index is 13.4. The first-order valence-corrected chi connectivity index (χ1v) is 7.24. The molecule has 1 aliphatic heterocycles. The highest BCUT2D eigenvalue weighted by atomic mass is 19.1. The third-order valence-corrected chi connectivity index (χ3v) is 4.24. The minimum Gasteiger partial charge on any atom is -0.327 e. The van der Waals surface area contributed by atoms with Crippen molar-refractivity contribution in [2.75, 3.05) is 13.1 Å². The summed E-state index contributed by atoms with van der Waals surface area (Å²) >= 11 is 0. The van der Waals surface area contributed by atoms with Crippen LogP contribution in [0, 0.1) is 11.7 Å². The molecule has 1 fully saturated rings. The van der Waals surface area contributed by atoms with E-state index in [1.54, 1.807) is 12.1 Å². The number of rotatable bonds is 3. The second-order valence-corrected chi connectivity index (χ2v) is 5.54. The van der Waals surface area contributed by atoms with Gasteiger partial charge in [0, 0.05) is 11.6 Å². The van der Waals surface area contributed by atoms with E-state index in [1.165, 1.54) is 18.9 Å². The Balaban J connectivity index is 1.89. The Morgan fingerprint density at radius 2 is 2.35 bits per heavy atom. The molecular formula is C16H20FN3. The number of imidazole rings is 1. The summed E-state index contributed by atoms with van der Waals surface area (Å²) in [5.74, 6) is 0.396. The van der Waals surface area contributed by atoms with Crippen LogP contribution in [0.25, 0.3) is 11.3 Å². The van der Waals surface area contributed by atoms with Gasteiger partial charge in [0.25, 0.3) is 0 Å². The van der Waals surface area contributed by atoms with E-state index in [9.17, 15) is 4.39 Å². The first kappa shape index (κ1) is 13.3. The quantitative estimate of drug-likeness (QED) is 0.930. The van der Waals surface area contributed by atoms with Gasteiger partial charge in [-0.1, -0.05) is 12.1 Å². The van der Waals surface area contributed by atoms with Gasteiger partial charge in [0.2, 0.25) is 0 Å². The number of hydrogen-bond donors (Lipinski definition) is 1. The summed E-state index contributed by atoms with van der Waals surface area (Å²) in [5, 5.41) is 3.45. The molecule has 2 unspecified atom stereocenters. The van der Waals surface area contributed by atoms with Crippen molar-refractivity contribution < 1.29 is 4.39 Å². The van der Waals surface area contributed by atoms with Gasteiger partial charge in [-0.2, -0.15) is 0 Å². The fraction of sp³-hybridized carbons (Fsp3) is 0.438. The van der Waals surface area contributed by atoms with Crippen LogP contribution in [-0.2, 0) is 0 Å². The molecule has 0 saturated carbocycles. The van der Waals surface area contributed by atoms with E-state index in [-0.39, 0.29) is 5.82 Å². The molecule has 3 nitrogen and oxygen atoms in total. The summed E-state index contributed by atoms with van der Waals surface area (Å²) in [6.07, 6.45) is 6.13. The maximum atomic E-state index is 13.4. The third-order valence-electron chi connectivity index (χ3n) is 4.24. The zero-order valence-corrected chi connectivity index (χ0v) is 11.7. The first-order valence-electron chi connectivity index (χ1n) is 7.24. The molecule has 20 heavy (non-hydrogen) atoms. The topological polar surface area (TPSA) is 29.9 Å². The molecule has 0 bridgehead atoms. The van der Waals surface area contributed by atoms with Crippen molar-refractivity contribution in [3.63, 3.8) is 0 Å². The largest absolute Gasteiger partial charge is 0.327 e. The summed E-state index contributed by atoms with van der Waals surface area (Å²) in [7, 11) is 0. The predicted molar refractivity (Wildman–Crippen MR) is 77.9 cm³/mol. The molecule has 0 radical (unpaired) electrons. The van der Waals surface area contributed by atoms with E-state index in [2.05, 4.69) is 21.8 Å². The molecule has 4 heteroatoms. The second kappa shape index (κ2) is 5.75. The van der Waals surface area contributed by atoms with Gasteiger partial charge in [-0.05, 0) is 50.9 Å². The van der Waals surface area contributed by atoms with Gasteiger partial charge in [-0.25, -0.2) is 9.37 Å². The van der Waals surface area contributed by atoms with Crippen LogP contribution in [0.15, 0.2) is 36.8 Å². The van der Waals surface area contributed by atoms with Gasteiger partial charge in [-0.3, -0.25) is 0 Å². The van der Waals surface area contributed by atoms with E-state index in [4.69, 9.17) is 0 Å². The molecular weight excluding hydrogens is 253 g/mol. The summed E-state index contributed by atoms with van der Waals surface area (Å²) in [6.45, 7) is 4.38. The fourth-order valence-electron chi connectivity index (χ4n) is 3.02. The standard InChI is InChI=1S/C16H20FN3/c1-12(14-5-3-7-18-9-14)20-11-19-10-16(20)13-4-2-6-15(17)8-13/h2,4,6,8,10-12,14,18H,3,5,7,9H2,1H3. The minimum atomic E-state index is -0.206. The van der Waals surface area contributed by atoms with Gasteiger partial charge < -0.3 is 9.88 Å². The minimum absolute atomic E-state index is 0.206. The van der Waals surface area contributed by atoms with E-state index in [0.717, 1.165) is 24.3 Å². The lowest BCUT2D eigenvalue weighted by molar-refractivity contribution is 0.281. The molecule has 0 amide bonds. The number of hydrogen-bond acceptors (Lipinski definition) is 2. The lowest BCUT2D eigenvalue weighted by Gasteiger charge is -2.30. The molecule has 2 atom stereocenters. The monoisotopic (exact) mass is 273 g/mol. The first-order chi connectivity index (χ1) is 9.75. The van der Waals surface area contributed by atoms with E-state index < -0.39 is 0 Å². The Morgan fingerprint density at radius 1 is 1.45 bits per heavy atom. The number of halogens is 1. The van der Waals surface area contributed by atoms with Gasteiger partial charge in [0.05, 0.1) is 18.2 Å². The average Bonchev–Trinajstić information content (AvgIpc) is 2.97. The van der Waals surface area contributed by atoms with Crippen LogP contribution in [0.2, 0.25) is 0 Å². The van der Waals surface area contributed by atoms with Crippen LogP contribution in [0.3, 0.4) is 0 Å². The Kier molecular flexibility index (Phi) is 3.83. The number of aromatic nitrogens is 2. The van der Waals surface area contributed by atoms with Gasteiger partial charge in [0.15, 0.2) is 0 Å². The highest BCUT2D eigenvalue weighted by molar-refractivity contribution is 5.59. The molecule has 2 heterocycles. The van der Waals surface area contributed by atoms with Crippen molar-refractivity contribution in [2.45, 2.75) is 25.8 Å². The van der Waals surface area contributed by atoms with E-state index in [0.29, 0.717) is 12.0 Å². The molecule has 106 valence electrons. The van der Waals surface area contributed by atoms with Gasteiger partial charge >= 0.3 is 0 Å². The van der Waals surface area contributed by atoms with E-state index >= 15 is 0 Å². The average molecular weight is 273 g/mol. The molecule has 2 aromatic rings. The van der Waals surface area contributed by atoms with Crippen LogP contribution in [0.1, 0.15) is 25.8 Å². The van der Waals surface area contributed by atoms with Crippen LogP contribution in [-0.4, -0.2) is 22.6 Å². The molecule has 1 saturated heterocycles. The Bertz CT molecular complexity index is 573. The normalized spacial score (nSPS) is 20.8. The van der Waals surface area contributed by atoms with Crippen molar-refractivity contribution in [1.82, 2.24) is 14.9 Å². The fourth-order valence-corrected chi connectivity index (χ4v) is 3.02. The molecule has 0 aliphatic carbocycles. The van der Waals surface area contributed by atoms with Gasteiger partial charge in [0.1, 0.15) is 5.82 Å². The number of benzene rings is 1. The van der Waals surface area contributed by atoms with Crippen LogP contribution >= 0.6 is 0 Å². The number of nitrogens with zero attached hydrogens (tertiary/aromatic N) is 2. The van der Waals surface area contributed by atoms with Crippen molar-refractivity contribution in [1.29, 1.82) is 0 Å². The third kappa shape index (κ3) is 2.61. The summed E-state index contributed by atoms with van der Waals surface area (Å²) < 4.78 is 15.6. The Hall–Kier alpha value is -1.68. The van der Waals surface area contributed by atoms with Crippen molar-refractivity contribution in [3.05, 3.63) is 42.6 Å². The molecule has 3 rings (SSSR count). The van der Waals surface area contributed by atoms with E-state index in [1.807, 2.05) is 18.6 Å².